The number of nitrogens with one attached hydrogen (secondary N) is 1. The van der Waals surface area contributed by atoms with E-state index in [4.69, 9.17) is 4.74 Å². The molecular formula is C19H26Cl2N2O2. The third-order valence-corrected chi connectivity index (χ3v) is 4.55. The molecule has 2 N–H and O–H groups in total. The van der Waals surface area contributed by atoms with Crippen LogP contribution in [0.3, 0.4) is 0 Å². The fraction of sp³-hybridized carbons (Fsp3) is 0.421. The fourth-order valence-corrected chi connectivity index (χ4v) is 3.21. The Morgan fingerprint density at radius 1 is 1.28 bits per heavy atom. The molecule has 2 aromatic rings. The summed E-state index contributed by atoms with van der Waals surface area (Å²) < 4.78 is 5.35. The van der Waals surface area contributed by atoms with Gasteiger partial charge in [0, 0.05) is 30.5 Å². The number of aliphatic hydroxyl groups is 1. The number of methoxy groups -OCH3 is 1. The van der Waals surface area contributed by atoms with E-state index < -0.39 is 6.10 Å². The van der Waals surface area contributed by atoms with Gasteiger partial charge in [0.05, 0.1) is 13.2 Å². The van der Waals surface area contributed by atoms with Crippen LogP contribution in [-0.2, 0) is 12.8 Å². The van der Waals surface area contributed by atoms with Crippen LogP contribution in [0.4, 0.5) is 0 Å². The van der Waals surface area contributed by atoms with Gasteiger partial charge in [-0.25, -0.2) is 0 Å². The van der Waals surface area contributed by atoms with E-state index in [2.05, 4.69) is 22.4 Å². The Morgan fingerprint density at radius 3 is 2.84 bits per heavy atom. The van der Waals surface area contributed by atoms with E-state index in [0.717, 1.165) is 30.6 Å². The number of fused-ring (bicyclic) bond motifs is 1. The summed E-state index contributed by atoms with van der Waals surface area (Å²) in [6, 6.07) is 10.5. The molecule has 6 heteroatoms. The van der Waals surface area contributed by atoms with Crippen molar-refractivity contribution < 1.29 is 9.84 Å². The van der Waals surface area contributed by atoms with Crippen LogP contribution in [0.5, 0.6) is 5.75 Å². The molecule has 3 rings (SSSR count). The molecule has 0 aliphatic heterocycles. The van der Waals surface area contributed by atoms with Gasteiger partial charge in [-0.2, -0.15) is 0 Å². The van der Waals surface area contributed by atoms with Gasteiger partial charge in [-0.15, -0.1) is 24.8 Å². The van der Waals surface area contributed by atoms with Crippen molar-refractivity contribution in [1.29, 1.82) is 0 Å². The fourth-order valence-electron chi connectivity index (χ4n) is 3.21. The van der Waals surface area contributed by atoms with Gasteiger partial charge in [-0.05, 0) is 55.0 Å². The average molecular weight is 385 g/mol. The van der Waals surface area contributed by atoms with Crippen LogP contribution in [0.25, 0.3) is 0 Å². The highest BCUT2D eigenvalue weighted by atomic mass is 35.5. The molecule has 0 saturated carbocycles. The van der Waals surface area contributed by atoms with E-state index in [-0.39, 0.29) is 24.8 Å². The summed E-state index contributed by atoms with van der Waals surface area (Å²) in [5.41, 5.74) is 3.63. The van der Waals surface area contributed by atoms with E-state index >= 15 is 0 Å². The second-order valence-electron chi connectivity index (χ2n) is 6.14. The van der Waals surface area contributed by atoms with Gasteiger partial charge in [0.25, 0.3) is 0 Å². The lowest BCUT2D eigenvalue weighted by atomic mass is 10.0. The summed E-state index contributed by atoms with van der Waals surface area (Å²) >= 11 is 0. The van der Waals surface area contributed by atoms with Gasteiger partial charge in [-0.1, -0.05) is 12.1 Å². The van der Waals surface area contributed by atoms with Crippen molar-refractivity contribution in [3.05, 3.63) is 59.4 Å². The first-order chi connectivity index (χ1) is 11.3. The van der Waals surface area contributed by atoms with Crippen molar-refractivity contribution in [1.82, 2.24) is 10.3 Å². The first-order valence-corrected chi connectivity index (χ1v) is 8.23. The van der Waals surface area contributed by atoms with Crippen LogP contribution in [0.2, 0.25) is 0 Å². The zero-order valence-corrected chi connectivity index (χ0v) is 16.0. The van der Waals surface area contributed by atoms with Gasteiger partial charge in [0.1, 0.15) is 5.75 Å². The molecule has 0 amide bonds. The van der Waals surface area contributed by atoms with E-state index in [1.54, 1.807) is 19.5 Å². The monoisotopic (exact) mass is 384 g/mol. The average Bonchev–Trinajstić information content (AvgIpc) is 2.81. The van der Waals surface area contributed by atoms with E-state index in [1.807, 2.05) is 18.2 Å². The minimum atomic E-state index is -0.517. The lowest BCUT2D eigenvalue weighted by molar-refractivity contribution is 0.168. The number of pyridine rings is 1. The summed E-state index contributed by atoms with van der Waals surface area (Å²) in [7, 11) is 1.71. The topological polar surface area (TPSA) is 54.4 Å². The lowest BCUT2D eigenvalue weighted by Crippen LogP contribution is -2.34. The maximum absolute atomic E-state index is 10.3. The number of halogens is 2. The zero-order valence-electron chi connectivity index (χ0n) is 14.4. The van der Waals surface area contributed by atoms with Gasteiger partial charge in [-0.3, -0.25) is 4.98 Å². The van der Waals surface area contributed by atoms with Crippen LogP contribution >= 0.6 is 24.8 Å². The maximum atomic E-state index is 10.3. The number of rotatable bonds is 5. The predicted molar refractivity (Wildman–Crippen MR) is 105 cm³/mol. The Morgan fingerprint density at radius 2 is 2.12 bits per heavy atom. The van der Waals surface area contributed by atoms with Crippen LogP contribution in [-0.4, -0.2) is 29.8 Å². The summed E-state index contributed by atoms with van der Waals surface area (Å²) in [6.07, 6.45) is 7.31. The molecule has 2 atom stereocenters. The first-order valence-electron chi connectivity index (χ1n) is 8.23. The second-order valence-corrected chi connectivity index (χ2v) is 6.14. The smallest absolute Gasteiger partial charge is 0.119 e. The maximum Gasteiger partial charge on any atom is 0.119 e. The minimum Gasteiger partial charge on any atom is -0.497 e. The Bertz CT molecular complexity index is 641. The Hall–Kier alpha value is -1.33. The van der Waals surface area contributed by atoms with E-state index in [1.165, 1.54) is 17.5 Å². The number of hydrogen-bond donors (Lipinski definition) is 2. The predicted octanol–water partition coefficient (Wildman–Crippen LogP) is 3.50. The molecule has 0 spiro atoms. The van der Waals surface area contributed by atoms with Crippen molar-refractivity contribution in [2.24, 2.45) is 0 Å². The van der Waals surface area contributed by atoms with Crippen molar-refractivity contribution in [3.8, 4) is 5.75 Å². The number of aryl methyl sites for hydroxylation is 1. The molecule has 1 aromatic heterocycles. The second kappa shape index (κ2) is 10.6. The summed E-state index contributed by atoms with van der Waals surface area (Å²) in [6.45, 7) is 0.551. The molecule has 1 aromatic carbocycles. The Balaban J connectivity index is 0.00000156. The molecular weight excluding hydrogens is 359 g/mol. The number of nitrogens with zero attached hydrogens (tertiary/aromatic N) is 1. The van der Waals surface area contributed by atoms with Crippen molar-refractivity contribution in [3.63, 3.8) is 0 Å². The summed E-state index contributed by atoms with van der Waals surface area (Å²) in [4.78, 5) is 4.06. The highest BCUT2D eigenvalue weighted by Crippen LogP contribution is 2.25. The quantitative estimate of drug-likeness (QED) is 0.774. The SMILES string of the molecule is COc1ccc2c(c1)CC(NCC(O)c1cccnc1)CCC2.Cl.Cl. The first kappa shape index (κ1) is 21.7. The molecule has 2 unspecified atom stereocenters. The van der Waals surface area contributed by atoms with Gasteiger partial charge < -0.3 is 15.2 Å². The summed E-state index contributed by atoms with van der Waals surface area (Å²) in [5, 5.41) is 13.8. The lowest BCUT2D eigenvalue weighted by Gasteiger charge is -2.20. The third kappa shape index (κ3) is 5.86. The molecule has 0 saturated heterocycles. The molecule has 4 nitrogen and oxygen atoms in total. The van der Waals surface area contributed by atoms with Gasteiger partial charge >= 0.3 is 0 Å². The van der Waals surface area contributed by atoms with Crippen molar-refractivity contribution in [2.75, 3.05) is 13.7 Å². The van der Waals surface area contributed by atoms with Gasteiger partial charge in [0.15, 0.2) is 0 Å². The molecule has 0 radical (unpaired) electrons. The van der Waals surface area contributed by atoms with Crippen molar-refractivity contribution >= 4 is 24.8 Å². The molecule has 1 heterocycles. The Labute approximate surface area is 161 Å². The van der Waals surface area contributed by atoms with Crippen LogP contribution in [0.15, 0.2) is 42.7 Å². The molecule has 0 bridgehead atoms. The molecule has 1 aliphatic rings. The van der Waals surface area contributed by atoms with Crippen molar-refractivity contribution in [2.45, 2.75) is 37.8 Å². The molecule has 25 heavy (non-hydrogen) atoms. The highest BCUT2D eigenvalue weighted by Gasteiger charge is 2.18. The number of ether oxygens (including phenoxy) is 1. The zero-order chi connectivity index (χ0) is 16.1. The molecule has 0 fully saturated rings. The minimum absolute atomic E-state index is 0. The molecule has 1 aliphatic carbocycles. The third-order valence-electron chi connectivity index (χ3n) is 4.55. The van der Waals surface area contributed by atoms with Crippen LogP contribution in [0.1, 0.15) is 35.6 Å². The standard InChI is InChI=1S/C19H24N2O2.2ClH/c1-23-18-8-7-14-4-2-6-17(10-16(14)11-18)21-13-19(22)15-5-3-9-20-12-15;;/h3,5,7-9,11-12,17,19,21-22H,2,4,6,10,13H2,1H3;2*1H. The van der Waals surface area contributed by atoms with Crippen LogP contribution < -0.4 is 10.1 Å². The van der Waals surface area contributed by atoms with Gasteiger partial charge in [0.2, 0.25) is 0 Å². The van der Waals surface area contributed by atoms with E-state index in [9.17, 15) is 5.11 Å². The summed E-state index contributed by atoms with van der Waals surface area (Å²) in [5.74, 6) is 0.916. The normalized spacial score (nSPS) is 17.3. The van der Waals surface area contributed by atoms with Crippen LogP contribution in [0, 0.1) is 0 Å². The number of aliphatic hydroxyl groups excluding tert-OH is 1. The number of aromatic nitrogens is 1. The number of hydrogen-bond acceptors (Lipinski definition) is 4. The van der Waals surface area contributed by atoms with E-state index in [0.29, 0.717) is 12.6 Å². The largest absolute Gasteiger partial charge is 0.497 e. The highest BCUT2D eigenvalue weighted by molar-refractivity contribution is 5.85. The number of benzene rings is 1. The molecule has 138 valence electrons. The Kier molecular flexibility index (Phi) is 9.22.